The molecule has 3 amide bonds. The number of amides is 3. The first-order valence-corrected chi connectivity index (χ1v) is 14.3. The van der Waals surface area contributed by atoms with Gasteiger partial charge in [0.15, 0.2) is 0 Å². The van der Waals surface area contributed by atoms with Crippen molar-refractivity contribution < 1.29 is 23.9 Å². The summed E-state index contributed by atoms with van der Waals surface area (Å²) in [7, 11) is 4.94. The van der Waals surface area contributed by atoms with Gasteiger partial charge < -0.3 is 24.6 Å². The Morgan fingerprint density at radius 2 is 1.69 bits per heavy atom. The van der Waals surface area contributed by atoms with Crippen molar-refractivity contribution in [1.82, 2.24) is 15.1 Å². The Balaban J connectivity index is 1.51. The fraction of sp³-hybridized carbons (Fsp3) is 0.344. The summed E-state index contributed by atoms with van der Waals surface area (Å²) >= 11 is 6.29. The second-order valence-electron chi connectivity index (χ2n) is 10.2. The molecule has 1 N–H and O–H groups in total. The van der Waals surface area contributed by atoms with Gasteiger partial charge in [-0.2, -0.15) is 0 Å². The largest absolute Gasteiger partial charge is 0.496 e. The van der Waals surface area contributed by atoms with E-state index in [0.717, 1.165) is 11.3 Å². The van der Waals surface area contributed by atoms with Gasteiger partial charge in [-0.15, -0.1) is 0 Å². The third-order valence-electron chi connectivity index (χ3n) is 7.38. The van der Waals surface area contributed by atoms with Crippen LogP contribution in [-0.2, 0) is 20.9 Å². The fourth-order valence-corrected chi connectivity index (χ4v) is 5.39. The second kappa shape index (κ2) is 14.7. The Labute approximate surface area is 251 Å². The maximum atomic E-state index is 14.2. The highest BCUT2D eigenvalue weighted by Crippen LogP contribution is 2.32. The second-order valence-corrected chi connectivity index (χ2v) is 10.7. The lowest BCUT2D eigenvalue weighted by molar-refractivity contribution is -0.148. The van der Waals surface area contributed by atoms with E-state index in [1.165, 1.54) is 7.11 Å². The van der Waals surface area contributed by atoms with Gasteiger partial charge in [0.2, 0.25) is 5.91 Å². The fourth-order valence-electron chi connectivity index (χ4n) is 5.21. The summed E-state index contributed by atoms with van der Waals surface area (Å²) in [4.78, 5) is 45.5. The molecule has 0 aromatic heterocycles. The number of urea groups is 1. The van der Waals surface area contributed by atoms with E-state index in [1.807, 2.05) is 61.6 Å². The molecule has 1 aliphatic heterocycles. The number of carbonyl (C=O) groups is 3. The van der Waals surface area contributed by atoms with Crippen LogP contribution in [0.2, 0.25) is 5.02 Å². The number of hydrogen-bond donors (Lipinski definition) is 1. The average molecular weight is 593 g/mol. The summed E-state index contributed by atoms with van der Waals surface area (Å²) < 4.78 is 10.4. The van der Waals surface area contributed by atoms with Crippen LogP contribution < -0.4 is 15.0 Å². The number of nitrogens with one attached hydrogen (secondary N) is 1. The molecule has 0 spiro atoms. The smallest absolute Gasteiger partial charge is 0.329 e. The van der Waals surface area contributed by atoms with Gasteiger partial charge in [-0.3, -0.25) is 14.5 Å². The van der Waals surface area contributed by atoms with Crippen LogP contribution in [0.3, 0.4) is 0 Å². The van der Waals surface area contributed by atoms with Gasteiger partial charge >= 0.3 is 12.0 Å². The van der Waals surface area contributed by atoms with Crippen molar-refractivity contribution in [1.29, 1.82) is 0 Å². The van der Waals surface area contributed by atoms with Gasteiger partial charge in [-0.05, 0) is 56.3 Å². The van der Waals surface area contributed by atoms with Gasteiger partial charge in [-0.1, -0.05) is 54.1 Å². The van der Waals surface area contributed by atoms with E-state index in [9.17, 15) is 14.4 Å². The molecule has 9 nitrogen and oxygen atoms in total. The third-order valence-corrected chi connectivity index (χ3v) is 7.62. The molecule has 3 aromatic carbocycles. The van der Waals surface area contributed by atoms with Crippen molar-refractivity contribution in [3.63, 3.8) is 0 Å². The van der Waals surface area contributed by atoms with E-state index in [1.54, 1.807) is 41.2 Å². The van der Waals surface area contributed by atoms with Crippen molar-refractivity contribution in [2.75, 3.05) is 45.8 Å². The lowest BCUT2D eigenvalue weighted by Gasteiger charge is -2.40. The number of para-hydroxylation sites is 2. The van der Waals surface area contributed by atoms with Crippen molar-refractivity contribution in [3.8, 4) is 5.75 Å². The quantitative estimate of drug-likeness (QED) is 0.329. The summed E-state index contributed by atoms with van der Waals surface area (Å²) in [6.45, 7) is 1.80. The number of methoxy groups -OCH3 is 2. The SMILES string of the molecule is COC(=O)C1CCN(C(=O)N(c2ccccc2)c2cccc(Cl)c2)C(C(=O)NCCN(C)Cc2ccccc2OC)C1. The molecule has 0 saturated carbocycles. The highest BCUT2D eigenvalue weighted by molar-refractivity contribution is 6.31. The van der Waals surface area contributed by atoms with E-state index in [2.05, 4.69) is 10.2 Å². The van der Waals surface area contributed by atoms with Crippen LogP contribution in [-0.4, -0.2) is 74.7 Å². The molecule has 1 heterocycles. The molecule has 10 heteroatoms. The number of hydrogen-bond acceptors (Lipinski definition) is 6. The monoisotopic (exact) mass is 592 g/mol. The van der Waals surface area contributed by atoms with Crippen molar-refractivity contribution in [2.24, 2.45) is 5.92 Å². The number of rotatable bonds is 10. The first kappa shape index (κ1) is 30.9. The number of benzene rings is 3. The number of halogens is 1. The number of anilines is 2. The first-order valence-electron chi connectivity index (χ1n) is 13.9. The normalized spacial score (nSPS) is 16.5. The molecule has 3 aromatic rings. The predicted octanol–water partition coefficient (Wildman–Crippen LogP) is 5.11. The molecule has 1 fully saturated rings. The van der Waals surface area contributed by atoms with Gasteiger partial charge in [0, 0.05) is 36.8 Å². The van der Waals surface area contributed by atoms with E-state index in [4.69, 9.17) is 21.1 Å². The molecule has 0 bridgehead atoms. The van der Waals surface area contributed by atoms with Crippen molar-refractivity contribution in [3.05, 3.63) is 89.4 Å². The van der Waals surface area contributed by atoms with Crippen LogP contribution in [0.15, 0.2) is 78.9 Å². The number of likely N-dealkylation sites (tertiary alicyclic amines) is 1. The molecular formula is C32H37ClN4O5. The summed E-state index contributed by atoms with van der Waals surface area (Å²) in [5, 5.41) is 3.47. The van der Waals surface area contributed by atoms with E-state index < -0.39 is 12.0 Å². The summed E-state index contributed by atoms with van der Waals surface area (Å²) in [6, 6.07) is 22.8. The molecule has 42 heavy (non-hydrogen) atoms. The molecular weight excluding hydrogens is 556 g/mol. The van der Waals surface area contributed by atoms with Crippen molar-refractivity contribution >= 4 is 40.9 Å². The first-order chi connectivity index (χ1) is 20.3. The summed E-state index contributed by atoms with van der Waals surface area (Å²) in [5.41, 5.74) is 2.25. The number of likely N-dealkylation sites (N-methyl/N-ethyl adjacent to an activating group) is 1. The molecule has 1 aliphatic rings. The van der Waals surface area contributed by atoms with Crippen LogP contribution in [0.25, 0.3) is 0 Å². The van der Waals surface area contributed by atoms with Gasteiger partial charge in [-0.25, -0.2) is 4.79 Å². The molecule has 0 aliphatic carbocycles. The lowest BCUT2D eigenvalue weighted by Crippen LogP contribution is -2.57. The highest BCUT2D eigenvalue weighted by atomic mass is 35.5. The Morgan fingerprint density at radius 3 is 2.40 bits per heavy atom. The minimum absolute atomic E-state index is 0.166. The van der Waals surface area contributed by atoms with Crippen LogP contribution >= 0.6 is 11.6 Å². The van der Waals surface area contributed by atoms with E-state index >= 15 is 0 Å². The van der Waals surface area contributed by atoms with E-state index in [0.29, 0.717) is 42.5 Å². The van der Waals surface area contributed by atoms with Crippen LogP contribution in [0.4, 0.5) is 16.2 Å². The van der Waals surface area contributed by atoms with Crippen LogP contribution in [0, 0.1) is 5.92 Å². The zero-order valence-corrected chi connectivity index (χ0v) is 24.9. The molecule has 1 saturated heterocycles. The Morgan fingerprint density at radius 1 is 0.976 bits per heavy atom. The minimum atomic E-state index is -0.861. The Kier molecular flexibility index (Phi) is 10.8. The summed E-state index contributed by atoms with van der Waals surface area (Å²) in [6.07, 6.45) is 0.557. The Bertz CT molecular complexity index is 1370. The average Bonchev–Trinajstić information content (AvgIpc) is 3.01. The van der Waals surface area contributed by atoms with Gasteiger partial charge in [0.1, 0.15) is 11.8 Å². The molecule has 222 valence electrons. The van der Waals surface area contributed by atoms with Gasteiger partial charge in [0.25, 0.3) is 0 Å². The van der Waals surface area contributed by atoms with Crippen LogP contribution in [0.5, 0.6) is 5.75 Å². The number of esters is 1. The molecule has 0 radical (unpaired) electrons. The molecule has 2 unspecified atom stereocenters. The number of ether oxygens (including phenoxy) is 2. The predicted molar refractivity (Wildman–Crippen MR) is 163 cm³/mol. The maximum Gasteiger partial charge on any atom is 0.329 e. The standard InChI is InChI=1S/C32H37ClN4O5/c1-35(22-24-10-7-8-15-29(24)41-2)19-17-34-30(38)28-20-23(31(39)42-3)16-18-36(28)32(40)37(26-12-5-4-6-13-26)27-14-9-11-25(33)21-27/h4-15,21,23,28H,16-20,22H2,1-3H3,(H,34,38). The third kappa shape index (κ3) is 7.60. The van der Waals surface area contributed by atoms with Crippen LogP contribution in [0.1, 0.15) is 18.4 Å². The number of piperidine rings is 1. The number of carbonyl (C=O) groups excluding carboxylic acids is 3. The van der Waals surface area contributed by atoms with E-state index in [-0.39, 0.29) is 30.9 Å². The molecule has 2 atom stereocenters. The van der Waals surface area contributed by atoms with Crippen molar-refractivity contribution in [2.45, 2.75) is 25.4 Å². The zero-order valence-electron chi connectivity index (χ0n) is 24.2. The maximum absolute atomic E-state index is 14.2. The topological polar surface area (TPSA) is 91.4 Å². The Hall–Kier alpha value is -4.08. The number of nitrogens with zero attached hydrogens (tertiary/aromatic N) is 3. The zero-order chi connectivity index (χ0) is 30.1. The highest BCUT2D eigenvalue weighted by Gasteiger charge is 2.41. The molecule has 4 rings (SSSR count). The van der Waals surface area contributed by atoms with Gasteiger partial charge in [0.05, 0.1) is 31.5 Å². The summed E-state index contributed by atoms with van der Waals surface area (Å²) in [5.74, 6) is -0.381. The lowest BCUT2D eigenvalue weighted by atomic mass is 9.90. The minimum Gasteiger partial charge on any atom is -0.496 e.